The number of hydrogen-bond donors (Lipinski definition) is 1. The molecule has 2 bridgehead atoms. The highest BCUT2D eigenvalue weighted by molar-refractivity contribution is 4.94. The van der Waals surface area contributed by atoms with Gasteiger partial charge in [0.15, 0.2) is 0 Å². The molecule has 3 nitrogen and oxygen atoms in total. The van der Waals surface area contributed by atoms with E-state index in [1.807, 2.05) is 0 Å². The molecule has 0 aliphatic carbocycles. The van der Waals surface area contributed by atoms with Crippen LogP contribution in [0.15, 0.2) is 0 Å². The second-order valence-electron chi connectivity index (χ2n) is 7.28. The van der Waals surface area contributed by atoms with Gasteiger partial charge < -0.3 is 10.2 Å². The summed E-state index contributed by atoms with van der Waals surface area (Å²) >= 11 is 0. The van der Waals surface area contributed by atoms with Gasteiger partial charge in [0.05, 0.1) is 6.07 Å². The standard InChI is InChI=1S/C16H29N3/c1-16(2,8-5-9-17)12-18-13-10-14-6-4-7-15(11-13)19(14)3/h13-15,18H,4-8,10-12H2,1-3H3. The molecule has 0 aromatic carbocycles. The van der Waals surface area contributed by atoms with Crippen molar-refractivity contribution >= 4 is 0 Å². The summed E-state index contributed by atoms with van der Waals surface area (Å²) in [5.41, 5.74) is 0.244. The van der Waals surface area contributed by atoms with Gasteiger partial charge in [-0.25, -0.2) is 0 Å². The zero-order chi connectivity index (χ0) is 13.9. The molecular weight excluding hydrogens is 234 g/mol. The van der Waals surface area contributed by atoms with E-state index in [-0.39, 0.29) is 5.41 Å². The summed E-state index contributed by atoms with van der Waals surface area (Å²) in [4.78, 5) is 2.61. The molecule has 2 atom stereocenters. The van der Waals surface area contributed by atoms with Gasteiger partial charge in [-0.2, -0.15) is 5.26 Å². The van der Waals surface area contributed by atoms with Gasteiger partial charge >= 0.3 is 0 Å². The molecule has 0 amide bonds. The van der Waals surface area contributed by atoms with Crippen LogP contribution in [-0.2, 0) is 0 Å². The maximum atomic E-state index is 8.71. The van der Waals surface area contributed by atoms with E-state index in [9.17, 15) is 0 Å². The minimum atomic E-state index is 0.244. The molecule has 0 spiro atoms. The van der Waals surface area contributed by atoms with E-state index in [0.29, 0.717) is 12.5 Å². The smallest absolute Gasteiger partial charge is 0.0621 e. The monoisotopic (exact) mass is 263 g/mol. The first kappa shape index (κ1) is 14.8. The second-order valence-corrected chi connectivity index (χ2v) is 7.28. The summed E-state index contributed by atoms with van der Waals surface area (Å²) in [5, 5.41) is 12.5. The van der Waals surface area contributed by atoms with E-state index in [1.54, 1.807) is 0 Å². The van der Waals surface area contributed by atoms with E-state index in [2.05, 4.69) is 37.2 Å². The zero-order valence-corrected chi connectivity index (χ0v) is 12.8. The Balaban J connectivity index is 1.79. The highest BCUT2D eigenvalue weighted by atomic mass is 15.2. The van der Waals surface area contributed by atoms with Crippen LogP contribution in [0.25, 0.3) is 0 Å². The fourth-order valence-corrected chi connectivity index (χ4v) is 3.69. The fraction of sp³-hybridized carbons (Fsp3) is 0.938. The Kier molecular flexibility index (Phi) is 4.86. The summed E-state index contributed by atoms with van der Waals surface area (Å²) in [6.45, 7) is 5.59. The van der Waals surface area contributed by atoms with Crippen LogP contribution in [-0.4, -0.2) is 36.6 Å². The van der Waals surface area contributed by atoms with Gasteiger partial charge in [-0.05, 0) is 44.6 Å². The molecule has 0 saturated carbocycles. The highest BCUT2D eigenvalue weighted by Gasteiger charge is 2.36. The van der Waals surface area contributed by atoms with Gasteiger partial charge in [-0.3, -0.25) is 0 Å². The third kappa shape index (κ3) is 3.94. The molecule has 108 valence electrons. The first-order chi connectivity index (χ1) is 9.02. The Morgan fingerprint density at radius 1 is 1.26 bits per heavy atom. The number of nitriles is 1. The van der Waals surface area contributed by atoms with Crippen LogP contribution in [0.5, 0.6) is 0 Å². The lowest BCUT2D eigenvalue weighted by Crippen LogP contribution is -2.55. The number of nitrogens with zero attached hydrogens (tertiary/aromatic N) is 2. The molecule has 1 N–H and O–H groups in total. The van der Waals surface area contributed by atoms with Crippen molar-refractivity contribution in [1.29, 1.82) is 5.26 Å². The molecule has 2 unspecified atom stereocenters. The lowest BCUT2D eigenvalue weighted by Gasteiger charge is -2.47. The molecule has 0 radical (unpaired) electrons. The summed E-state index contributed by atoms with van der Waals surface area (Å²) in [7, 11) is 2.31. The van der Waals surface area contributed by atoms with Crippen LogP contribution in [0, 0.1) is 16.7 Å². The van der Waals surface area contributed by atoms with Crippen molar-refractivity contribution in [3.8, 4) is 6.07 Å². The van der Waals surface area contributed by atoms with E-state index < -0.39 is 0 Å². The molecule has 0 aromatic heterocycles. The Morgan fingerprint density at radius 3 is 2.47 bits per heavy atom. The first-order valence-corrected chi connectivity index (χ1v) is 7.84. The Hall–Kier alpha value is -0.590. The lowest BCUT2D eigenvalue weighted by molar-refractivity contribution is 0.0461. The van der Waals surface area contributed by atoms with Crippen LogP contribution in [0.3, 0.4) is 0 Å². The molecule has 3 heteroatoms. The largest absolute Gasteiger partial charge is 0.313 e. The zero-order valence-electron chi connectivity index (χ0n) is 12.8. The highest BCUT2D eigenvalue weighted by Crippen LogP contribution is 2.33. The number of piperidine rings is 2. The Bertz CT molecular complexity index is 317. The average Bonchev–Trinajstić information content (AvgIpc) is 2.35. The number of hydrogen-bond acceptors (Lipinski definition) is 3. The molecule has 2 aliphatic rings. The van der Waals surface area contributed by atoms with Crippen LogP contribution in [0.1, 0.15) is 58.8 Å². The minimum absolute atomic E-state index is 0.244. The van der Waals surface area contributed by atoms with Crippen molar-refractivity contribution in [3.05, 3.63) is 0 Å². The third-order valence-electron chi connectivity index (χ3n) is 5.12. The van der Waals surface area contributed by atoms with Gasteiger partial charge in [-0.15, -0.1) is 0 Å². The van der Waals surface area contributed by atoms with Crippen molar-refractivity contribution in [2.24, 2.45) is 5.41 Å². The number of nitrogens with one attached hydrogen (secondary N) is 1. The molecule has 19 heavy (non-hydrogen) atoms. The first-order valence-electron chi connectivity index (χ1n) is 7.84. The maximum Gasteiger partial charge on any atom is 0.0621 e. The molecule has 2 heterocycles. The van der Waals surface area contributed by atoms with Crippen LogP contribution in [0.4, 0.5) is 0 Å². The van der Waals surface area contributed by atoms with E-state index in [0.717, 1.165) is 25.0 Å². The normalized spacial score (nSPS) is 32.0. The number of fused-ring (bicyclic) bond motifs is 2. The predicted octanol–water partition coefficient (Wildman–Crippen LogP) is 2.92. The van der Waals surface area contributed by atoms with Crippen LogP contribution in [0.2, 0.25) is 0 Å². The molecule has 2 saturated heterocycles. The quantitative estimate of drug-likeness (QED) is 0.829. The molecule has 0 aromatic rings. The molecule has 2 rings (SSSR count). The van der Waals surface area contributed by atoms with Gasteiger partial charge in [0, 0.05) is 31.1 Å². The van der Waals surface area contributed by atoms with Crippen molar-refractivity contribution in [2.75, 3.05) is 13.6 Å². The van der Waals surface area contributed by atoms with Gasteiger partial charge in [0.1, 0.15) is 0 Å². The summed E-state index contributed by atoms with van der Waals surface area (Å²) in [5.74, 6) is 0. The van der Waals surface area contributed by atoms with Crippen LogP contribution >= 0.6 is 0 Å². The summed E-state index contributed by atoms with van der Waals surface area (Å²) < 4.78 is 0. The molecule has 2 fully saturated rings. The lowest BCUT2D eigenvalue weighted by atomic mass is 9.81. The van der Waals surface area contributed by atoms with Crippen molar-refractivity contribution < 1.29 is 0 Å². The van der Waals surface area contributed by atoms with Crippen molar-refractivity contribution in [2.45, 2.75) is 76.9 Å². The molecular formula is C16H29N3. The molecule has 2 aliphatic heterocycles. The Morgan fingerprint density at radius 2 is 1.89 bits per heavy atom. The van der Waals surface area contributed by atoms with Crippen molar-refractivity contribution in [3.63, 3.8) is 0 Å². The Labute approximate surface area is 118 Å². The predicted molar refractivity (Wildman–Crippen MR) is 78.8 cm³/mol. The minimum Gasteiger partial charge on any atom is -0.313 e. The van der Waals surface area contributed by atoms with Gasteiger partial charge in [0.25, 0.3) is 0 Å². The summed E-state index contributed by atoms with van der Waals surface area (Å²) in [6.07, 6.45) is 8.46. The SMILES string of the molecule is CN1C2CCCC1CC(NCC(C)(C)CCC#N)C2. The van der Waals surface area contributed by atoms with E-state index in [4.69, 9.17) is 5.26 Å². The number of rotatable bonds is 5. The van der Waals surface area contributed by atoms with Gasteiger partial charge in [0.2, 0.25) is 0 Å². The summed E-state index contributed by atoms with van der Waals surface area (Å²) in [6, 6.07) is 4.55. The fourth-order valence-electron chi connectivity index (χ4n) is 3.69. The van der Waals surface area contributed by atoms with Crippen molar-refractivity contribution in [1.82, 2.24) is 10.2 Å². The third-order valence-corrected chi connectivity index (χ3v) is 5.12. The van der Waals surface area contributed by atoms with E-state index >= 15 is 0 Å². The second kappa shape index (κ2) is 6.24. The topological polar surface area (TPSA) is 39.1 Å². The maximum absolute atomic E-state index is 8.71. The average molecular weight is 263 g/mol. The van der Waals surface area contributed by atoms with Crippen LogP contribution < -0.4 is 5.32 Å². The van der Waals surface area contributed by atoms with Gasteiger partial charge in [-0.1, -0.05) is 20.3 Å². The van der Waals surface area contributed by atoms with E-state index in [1.165, 1.54) is 32.1 Å².